The summed E-state index contributed by atoms with van der Waals surface area (Å²) in [6.07, 6.45) is 0.189. The number of benzene rings is 1. The number of imide groups is 1. The molecule has 1 aliphatic rings. The van der Waals surface area contributed by atoms with Gasteiger partial charge >= 0.3 is 0 Å². The van der Waals surface area contributed by atoms with E-state index in [1.807, 2.05) is 0 Å². The number of likely N-dealkylation sites (tertiary alicyclic amines) is 1. The van der Waals surface area contributed by atoms with E-state index >= 15 is 0 Å². The Labute approximate surface area is 113 Å². The molecule has 20 heavy (non-hydrogen) atoms. The maximum Gasteiger partial charge on any atom is 0.229 e. The minimum atomic E-state index is -0.883. The molecule has 0 atom stereocenters. The number of nitrogens with zero attached hydrogens (tertiary/aromatic N) is 1. The average molecular weight is 282 g/mol. The number of nitrogens with one attached hydrogen (secondary N) is 1. The van der Waals surface area contributed by atoms with Gasteiger partial charge in [0.15, 0.2) is 0 Å². The number of halogens is 2. The van der Waals surface area contributed by atoms with E-state index < -0.39 is 17.5 Å². The van der Waals surface area contributed by atoms with Crippen molar-refractivity contribution >= 4 is 23.4 Å². The molecule has 1 heterocycles. The Bertz CT molecular complexity index is 559. The van der Waals surface area contributed by atoms with E-state index in [1.165, 1.54) is 0 Å². The van der Waals surface area contributed by atoms with Crippen molar-refractivity contribution in [1.82, 2.24) is 4.90 Å². The van der Waals surface area contributed by atoms with Gasteiger partial charge in [0, 0.05) is 31.9 Å². The predicted molar refractivity (Wildman–Crippen MR) is 65.6 cm³/mol. The maximum absolute atomic E-state index is 13.3. The molecule has 7 heteroatoms. The molecule has 0 saturated carbocycles. The van der Waals surface area contributed by atoms with Gasteiger partial charge in [-0.25, -0.2) is 8.78 Å². The lowest BCUT2D eigenvalue weighted by atomic mass is 10.2. The standard InChI is InChI=1S/C13H12F2N2O3/c14-8-1-2-10(9(15)7-8)16-11(18)5-6-17-12(19)3-4-13(17)20/h1-2,7H,3-6H2,(H,16,18). The number of rotatable bonds is 4. The SMILES string of the molecule is O=C(CCN1C(=O)CCC1=O)Nc1ccc(F)cc1F. The highest BCUT2D eigenvalue weighted by Crippen LogP contribution is 2.16. The Morgan fingerprint density at radius 2 is 1.85 bits per heavy atom. The van der Waals surface area contributed by atoms with Crippen molar-refractivity contribution in [3.05, 3.63) is 29.8 Å². The lowest BCUT2D eigenvalue weighted by molar-refractivity contribution is -0.138. The van der Waals surface area contributed by atoms with Crippen LogP contribution in [0.1, 0.15) is 19.3 Å². The molecule has 1 N–H and O–H groups in total. The molecule has 1 aromatic carbocycles. The van der Waals surface area contributed by atoms with E-state index in [1.54, 1.807) is 0 Å². The summed E-state index contributed by atoms with van der Waals surface area (Å²) in [5.41, 5.74) is -0.143. The first-order chi connectivity index (χ1) is 9.47. The van der Waals surface area contributed by atoms with Crippen LogP contribution in [0.25, 0.3) is 0 Å². The van der Waals surface area contributed by atoms with Crippen LogP contribution in [0.15, 0.2) is 18.2 Å². The molecule has 0 aromatic heterocycles. The third kappa shape index (κ3) is 3.17. The molecule has 0 aliphatic carbocycles. The average Bonchev–Trinajstić information content (AvgIpc) is 2.70. The van der Waals surface area contributed by atoms with Gasteiger partial charge < -0.3 is 5.32 Å². The molecule has 3 amide bonds. The summed E-state index contributed by atoms with van der Waals surface area (Å²) in [7, 11) is 0. The van der Waals surface area contributed by atoms with Crippen molar-refractivity contribution in [1.29, 1.82) is 0 Å². The van der Waals surface area contributed by atoms with Crippen LogP contribution in [0.4, 0.5) is 14.5 Å². The first-order valence-electron chi connectivity index (χ1n) is 6.05. The van der Waals surface area contributed by atoms with Gasteiger partial charge in [0.2, 0.25) is 17.7 Å². The van der Waals surface area contributed by atoms with Crippen molar-refractivity contribution < 1.29 is 23.2 Å². The molecular weight excluding hydrogens is 270 g/mol. The lowest BCUT2D eigenvalue weighted by Crippen LogP contribution is -2.32. The molecule has 0 bridgehead atoms. The summed E-state index contributed by atoms with van der Waals surface area (Å²) >= 11 is 0. The van der Waals surface area contributed by atoms with Gasteiger partial charge in [-0.15, -0.1) is 0 Å². The fourth-order valence-corrected chi connectivity index (χ4v) is 1.89. The largest absolute Gasteiger partial charge is 0.324 e. The van der Waals surface area contributed by atoms with Crippen molar-refractivity contribution in [3.8, 4) is 0 Å². The first kappa shape index (κ1) is 14.1. The van der Waals surface area contributed by atoms with Crippen molar-refractivity contribution in [3.63, 3.8) is 0 Å². The molecule has 0 spiro atoms. The van der Waals surface area contributed by atoms with Gasteiger partial charge in [0.1, 0.15) is 11.6 Å². The molecule has 1 saturated heterocycles. The summed E-state index contributed by atoms with van der Waals surface area (Å²) in [5.74, 6) is -2.80. The van der Waals surface area contributed by atoms with Crippen molar-refractivity contribution in [2.75, 3.05) is 11.9 Å². The van der Waals surface area contributed by atoms with Gasteiger partial charge in [-0.05, 0) is 12.1 Å². The molecule has 0 radical (unpaired) electrons. The predicted octanol–water partition coefficient (Wildman–Crippen LogP) is 1.44. The monoisotopic (exact) mass is 282 g/mol. The van der Waals surface area contributed by atoms with Crippen LogP contribution in [0.3, 0.4) is 0 Å². The van der Waals surface area contributed by atoms with Gasteiger partial charge in [-0.3, -0.25) is 19.3 Å². The molecule has 1 fully saturated rings. The van der Waals surface area contributed by atoms with Crippen molar-refractivity contribution in [2.45, 2.75) is 19.3 Å². The summed E-state index contributed by atoms with van der Waals surface area (Å²) in [6.45, 7) is -0.0354. The smallest absolute Gasteiger partial charge is 0.229 e. The Balaban J connectivity index is 1.89. The number of amides is 3. The number of hydrogen-bond acceptors (Lipinski definition) is 3. The van der Waals surface area contributed by atoms with Crippen LogP contribution in [0.2, 0.25) is 0 Å². The van der Waals surface area contributed by atoms with Crippen LogP contribution in [0, 0.1) is 11.6 Å². The molecule has 1 aliphatic heterocycles. The van der Waals surface area contributed by atoms with E-state index in [0.29, 0.717) is 6.07 Å². The van der Waals surface area contributed by atoms with Crippen LogP contribution < -0.4 is 5.32 Å². The van der Waals surface area contributed by atoms with E-state index in [-0.39, 0.29) is 43.3 Å². The van der Waals surface area contributed by atoms with E-state index in [9.17, 15) is 23.2 Å². The third-order valence-corrected chi connectivity index (χ3v) is 2.92. The second kappa shape index (κ2) is 5.77. The Morgan fingerprint density at radius 3 is 2.45 bits per heavy atom. The number of hydrogen-bond donors (Lipinski definition) is 1. The van der Waals surface area contributed by atoms with Gasteiger partial charge in [-0.1, -0.05) is 0 Å². The van der Waals surface area contributed by atoms with Crippen LogP contribution >= 0.6 is 0 Å². The normalized spacial score (nSPS) is 14.8. The summed E-state index contributed by atoms with van der Waals surface area (Å²) in [6, 6.07) is 2.78. The Kier molecular flexibility index (Phi) is 4.07. The number of carbonyl (C=O) groups is 3. The minimum absolute atomic E-state index is 0.0354. The zero-order valence-electron chi connectivity index (χ0n) is 10.5. The molecular formula is C13H12F2N2O3. The van der Waals surface area contributed by atoms with E-state index in [4.69, 9.17) is 0 Å². The van der Waals surface area contributed by atoms with Crippen LogP contribution in [-0.4, -0.2) is 29.2 Å². The summed E-state index contributed by atoms with van der Waals surface area (Å²) in [5, 5.41) is 2.26. The van der Waals surface area contributed by atoms with Gasteiger partial charge in [-0.2, -0.15) is 0 Å². The minimum Gasteiger partial charge on any atom is -0.324 e. The molecule has 5 nitrogen and oxygen atoms in total. The van der Waals surface area contributed by atoms with Crippen LogP contribution in [0.5, 0.6) is 0 Å². The Morgan fingerprint density at radius 1 is 1.20 bits per heavy atom. The van der Waals surface area contributed by atoms with E-state index in [2.05, 4.69) is 5.32 Å². The van der Waals surface area contributed by atoms with Gasteiger partial charge in [0.05, 0.1) is 5.69 Å². The molecule has 1 aromatic rings. The van der Waals surface area contributed by atoms with E-state index in [0.717, 1.165) is 17.0 Å². The second-order valence-electron chi connectivity index (χ2n) is 4.36. The quantitative estimate of drug-likeness (QED) is 0.850. The molecule has 2 rings (SSSR count). The highest BCUT2D eigenvalue weighted by Gasteiger charge is 2.28. The number of carbonyl (C=O) groups excluding carboxylic acids is 3. The molecule has 0 unspecified atom stereocenters. The number of anilines is 1. The van der Waals surface area contributed by atoms with Crippen LogP contribution in [-0.2, 0) is 14.4 Å². The lowest BCUT2D eigenvalue weighted by Gasteiger charge is -2.13. The topological polar surface area (TPSA) is 66.5 Å². The second-order valence-corrected chi connectivity index (χ2v) is 4.36. The Hall–Kier alpha value is -2.31. The first-order valence-corrected chi connectivity index (χ1v) is 6.05. The zero-order valence-corrected chi connectivity index (χ0v) is 10.5. The summed E-state index contributed by atoms with van der Waals surface area (Å²) in [4.78, 5) is 35.3. The summed E-state index contributed by atoms with van der Waals surface area (Å²) < 4.78 is 26.0. The highest BCUT2D eigenvalue weighted by atomic mass is 19.1. The fourth-order valence-electron chi connectivity index (χ4n) is 1.89. The highest BCUT2D eigenvalue weighted by molar-refractivity contribution is 6.02. The fraction of sp³-hybridized carbons (Fsp3) is 0.308. The maximum atomic E-state index is 13.3. The van der Waals surface area contributed by atoms with Gasteiger partial charge in [0.25, 0.3) is 0 Å². The molecule has 106 valence electrons. The third-order valence-electron chi connectivity index (χ3n) is 2.92. The zero-order chi connectivity index (χ0) is 14.7. The van der Waals surface area contributed by atoms with Crippen molar-refractivity contribution in [2.24, 2.45) is 0 Å².